The van der Waals surface area contributed by atoms with Crippen LogP contribution in [0.3, 0.4) is 0 Å². The Morgan fingerprint density at radius 1 is 1.23 bits per heavy atom. The quantitative estimate of drug-likeness (QED) is 0.445. The van der Waals surface area contributed by atoms with Crippen LogP contribution in [0.2, 0.25) is 5.02 Å². The van der Waals surface area contributed by atoms with Crippen molar-refractivity contribution in [3.05, 3.63) is 58.0 Å². The molecule has 0 bridgehead atoms. The predicted molar refractivity (Wildman–Crippen MR) is 113 cm³/mol. The molecule has 0 radical (unpaired) electrons. The summed E-state index contributed by atoms with van der Waals surface area (Å²) in [4.78, 5) is 12.3. The summed E-state index contributed by atoms with van der Waals surface area (Å²) >= 11 is 12.3. The van der Waals surface area contributed by atoms with Crippen LogP contribution in [-0.4, -0.2) is 21.4 Å². The maximum absolute atomic E-state index is 12.3. The number of carbonyl (C=O) groups is 1. The molecule has 1 aromatic heterocycles. The van der Waals surface area contributed by atoms with Crippen LogP contribution in [0.15, 0.2) is 57.3 Å². The van der Waals surface area contributed by atoms with Crippen LogP contribution in [0.1, 0.15) is 6.92 Å². The minimum absolute atomic E-state index is 0.139. The molecule has 1 unspecified atom stereocenters. The molecule has 3 aromatic rings. The van der Waals surface area contributed by atoms with Gasteiger partial charge in [0.1, 0.15) is 0 Å². The minimum atomic E-state index is -0.335. The van der Waals surface area contributed by atoms with Crippen molar-refractivity contribution in [2.75, 3.05) is 10.6 Å². The van der Waals surface area contributed by atoms with Gasteiger partial charge in [0.2, 0.25) is 11.0 Å². The van der Waals surface area contributed by atoms with Gasteiger partial charge in [-0.2, -0.15) is 0 Å². The summed E-state index contributed by atoms with van der Waals surface area (Å²) in [5.41, 5.74) is 1.51. The summed E-state index contributed by atoms with van der Waals surface area (Å²) in [5.74, 6) is -0.139. The number of carbonyl (C=O) groups excluding carboxylic acids is 1. The van der Waals surface area contributed by atoms with E-state index in [0.29, 0.717) is 20.2 Å². The molecule has 0 saturated carbocycles. The van der Waals surface area contributed by atoms with Crippen molar-refractivity contribution in [2.45, 2.75) is 16.5 Å². The fourth-order valence-corrected chi connectivity index (χ4v) is 4.50. The second-order valence-electron chi connectivity index (χ2n) is 5.24. The zero-order valence-electron chi connectivity index (χ0n) is 13.6. The highest BCUT2D eigenvalue weighted by Crippen LogP contribution is 2.31. The molecule has 5 nitrogen and oxygen atoms in total. The van der Waals surface area contributed by atoms with Crippen LogP contribution in [0.5, 0.6) is 0 Å². The summed E-state index contributed by atoms with van der Waals surface area (Å²) < 4.78 is 1.69. The summed E-state index contributed by atoms with van der Waals surface area (Å²) in [5, 5.41) is 15.1. The van der Waals surface area contributed by atoms with Crippen LogP contribution in [0, 0.1) is 0 Å². The third-order valence-corrected chi connectivity index (χ3v) is 6.11. The number of halogens is 2. The lowest BCUT2D eigenvalue weighted by molar-refractivity contribution is -0.115. The molecule has 3 rings (SSSR count). The highest BCUT2D eigenvalue weighted by atomic mass is 79.9. The summed E-state index contributed by atoms with van der Waals surface area (Å²) in [6.45, 7) is 1.82. The first kappa shape index (κ1) is 19.2. The first-order chi connectivity index (χ1) is 12.5. The van der Waals surface area contributed by atoms with Crippen molar-refractivity contribution in [3.63, 3.8) is 0 Å². The topological polar surface area (TPSA) is 66.9 Å². The van der Waals surface area contributed by atoms with Crippen LogP contribution in [0.4, 0.5) is 16.5 Å². The van der Waals surface area contributed by atoms with E-state index in [4.69, 9.17) is 11.6 Å². The number of nitrogens with one attached hydrogen (secondary N) is 2. The molecule has 0 fully saturated rings. The summed E-state index contributed by atoms with van der Waals surface area (Å²) in [6, 6.07) is 14.9. The molecule has 1 amide bonds. The Morgan fingerprint density at radius 3 is 2.81 bits per heavy atom. The number of thioether (sulfide) groups is 1. The molecular formula is C17H14BrClN4OS2. The van der Waals surface area contributed by atoms with Gasteiger partial charge in [0.05, 0.1) is 16.0 Å². The van der Waals surface area contributed by atoms with Crippen LogP contribution >= 0.6 is 50.6 Å². The number of anilines is 3. The van der Waals surface area contributed by atoms with E-state index in [1.54, 1.807) is 12.1 Å². The van der Waals surface area contributed by atoms with E-state index in [2.05, 4.69) is 36.8 Å². The number of nitrogens with zero attached hydrogens (tertiary/aromatic N) is 2. The molecule has 1 heterocycles. The van der Waals surface area contributed by atoms with E-state index in [9.17, 15) is 4.79 Å². The molecule has 0 aliphatic rings. The van der Waals surface area contributed by atoms with Crippen molar-refractivity contribution in [2.24, 2.45) is 0 Å². The third kappa shape index (κ3) is 5.20. The van der Waals surface area contributed by atoms with Gasteiger partial charge in [0.15, 0.2) is 4.34 Å². The fraction of sp³-hybridized carbons (Fsp3) is 0.118. The molecule has 0 aliphatic heterocycles. The number of benzene rings is 2. The average molecular weight is 470 g/mol. The lowest BCUT2D eigenvalue weighted by Gasteiger charge is -2.11. The van der Waals surface area contributed by atoms with Gasteiger partial charge >= 0.3 is 0 Å². The SMILES string of the molecule is CC(Sc1nnc(Nc2cccc(Br)c2)s1)C(=O)Nc1ccccc1Cl. The molecule has 0 aliphatic carbocycles. The Kier molecular flexibility index (Phi) is 6.53. The van der Waals surface area contributed by atoms with Crippen LogP contribution in [0.25, 0.3) is 0 Å². The van der Waals surface area contributed by atoms with E-state index >= 15 is 0 Å². The van der Waals surface area contributed by atoms with Crippen molar-refractivity contribution >= 4 is 73.0 Å². The Balaban J connectivity index is 1.59. The van der Waals surface area contributed by atoms with Gasteiger partial charge in [-0.05, 0) is 37.3 Å². The van der Waals surface area contributed by atoms with Crippen LogP contribution in [-0.2, 0) is 4.79 Å². The Bertz CT molecular complexity index is 921. The molecule has 0 spiro atoms. The maximum atomic E-state index is 12.3. The Labute approximate surface area is 172 Å². The van der Waals surface area contributed by atoms with E-state index in [-0.39, 0.29) is 11.2 Å². The second-order valence-corrected chi connectivity index (χ2v) is 9.13. The number of hydrogen-bond donors (Lipinski definition) is 2. The summed E-state index contributed by atoms with van der Waals surface area (Å²) in [6.07, 6.45) is 0. The van der Waals surface area contributed by atoms with Gasteiger partial charge in [-0.25, -0.2) is 0 Å². The fourth-order valence-electron chi connectivity index (χ4n) is 2.00. The lowest BCUT2D eigenvalue weighted by atomic mass is 10.3. The number of para-hydroxylation sites is 1. The van der Waals surface area contributed by atoms with E-state index in [1.165, 1.54) is 23.1 Å². The monoisotopic (exact) mass is 468 g/mol. The zero-order chi connectivity index (χ0) is 18.5. The predicted octanol–water partition coefficient (Wildman–Crippen LogP) is 5.82. The molecule has 134 valence electrons. The van der Waals surface area contributed by atoms with E-state index in [1.807, 2.05) is 43.3 Å². The maximum Gasteiger partial charge on any atom is 0.237 e. The van der Waals surface area contributed by atoms with Gasteiger partial charge in [0.25, 0.3) is 0 Å². The smallest absolute Gasteiger partial charge is 0.237 e. The number of aromatic nitrogens is 2. The van der Waals surface area contributed by atoms with E-state index in [0.717, 1.165) is 10.2 Å². The minimum Gasteiger partial charge on any atom is -0.330 e. The molecule has 0 saturated heterocycles. The normalized spacial score (nSPS) is 11.8. The first-order valence-electron chi connectivity index (χ1n) is 7.59. The highest BCUT2D eigenvalue weighted by molar-refractivity contribution is 9.10. The van der Waals surface area contributed by atoms with Gasteiger partial charge in [-0.1, -0.05) is 68.8 Å². The van der Waals surface area contributed by atoms with Crippen LogP contribution < -0.4 is 10.6 Å². The molecule has 2 N–H and O–H groups in total. The van der Waals surface area contributed by atoms with Gasteiger partial charge in [-0.15, -0.1) is 10.2 Å². The second kappa shape index (κ2) is 8.85. The Hall–Kier alpha value is -1.61. The van der Waals surface area contributed by atoms with Crippen molar-refractivity contribution in [1.82, 2.24) is 10.2 Å². The number of hydrogen-bond acceptors (Lipinski definition) is 6. The molecular weight excluding hydrogens is 456 g/mol. The largest absolute Gasteiger partial charge is 0.330 e. The lowest BCUT2D eigenvalue weighted by Crippen LogP contribution is -2.22. The van der Waals surface area contributed by atoms with Crippen molar-refractivity contribution in [3.8, 4) is 0 Å². The number of amides is 1. The number of rotatable bonds is 6. The molecule has 1 atom stereocenters. The molecule has 2 aromatic carbocycles. The van der Waals surface area contributed by atoms with Gasteiger partial charge in [0, 0.05) is 10.2 Å². The standard InChI is InChI=1S/C17H14BrClN4OS2/c1-10(15(24)21-14-8-3-2-7-13(14)19)25-17-23-22-16(26-17)20-12-6-4-5-11(18)9-12/h2-10H,1H3,(H,20,22)(H,21,24). The first-order valence-corrected chi connectivity index (χ1v) is 10.5. The zero-order valence-corrected chi connectivity index (χ0v) is 17.5. The van der Waals surface area contributed by atoms with Crippen molar-refractivity contribution < 1.29 is 4.79 Å². The van der Waals surface area contributed by atoms with Gasteiger partial charge in [-0.3, -0.25) is 4.79 Å². The average Bonchev–Trinajstić information content (AvgIpc) is 3.03. The molecule has 9 heteroatoms. The summed E-state index contributed by atoms with van der Waals surface area (Å²) in [7, 11) is 0. The van der Waals surface area contributed by atoms with Gasteiger partial charge < -0.3 is 10.6 Å². The highest BCUT2D eigenvalue weighted by Gasteiger charge is 2.18. The third-order valence-electron chi connectivity index (χ3n) is 3.26. The molecule has 26 heavy (non-hydrogen) atoms. The van der Waals surface area contributed by atoms with E-state index < -0.39 is 0 Å². The van der Waals surface area contributed by atoms with Crippen molar-refractivity contribution in [1.29, 1.82) is 0 Å². The Morgan fingerprint density at radius 2 is 2.04 bits per heavy atom.